The molecule has 0 saturated carbocycles. The molecule has 2 N–H and O–H groups in total. The lowest BCUT2D eigenvalue weighted by Gasteiger charge is -2.37. The highest BCUT2D eigenvalue weighted by atomic mass is 19.1. The fourth-order valence-electron chi connectivity index (χ4n) is 4.61. The van der Waals surface area contributed by atoms with Gasteiger partial charge in [-0.15, -0.1) is 0 Å². The van der Waals surface area contributed by atoms with Gasteiger partial charge in [-0.1, -0.05) is 97.9 Å². The lowest BCUT2D eigenvalue weighted by molar-refractivity contribution is -0.125. The molecule has 0 radical (unpaired) electrons. The summed E-state index contributed by atoms with van der Waals surface area (Å²) in [7, 11) is 0. The zero-order chi connectivity index (χ0) is 27.7. The summed E-state index contributed by atoms with van der Waals surface area (Å²) in [4.78, 5) is 38.4. The third-order valence-electron chi connectivity index (χ3n) is 6.79. The van der Waals surface area contributed by atoms with Crippen molar-refractivity contribution in [2.45, 2.75) is 25.3 Å². The standard InChI is InChI=1S/C33H31FN2O3/c1-24(32(39)35-23-30(37)25-18-20-29(34)21-19-25)17-22-31(38)36-33(26-11-5-2-6-12-26,27-13-7-3-8-14-27)28-15-9-4-10-16-28/h2-16,18-21,24H,17,22-23H2,1H3,(H,35,39)(H,36,38)/t24-/m0/s1. The first-order chi connectivity index (χ1) is 18.9. The Balaban J connectivity index is 1.47. The van der Waals surface area contributed by atoms with Crippen LogP contribution in [-0.4, -0.2) is 24.1 Å². The Bertz CT molecular complexity index is 1290. The van der Waals surface area contributed by atoms with E-state index in [0.717, 1.165) is 16.7 Å². The van der Waals surface area contributed by atoms with E-state index in [-0.39, 0.29) is 30.6 Å². The van der Waals surface area contributed by atoms with Gasteiger partial charge >= 0.3 is 0 Å². The molecule has 0 spiro atoms. The minimum Gasteiger partial charge on any atom is -0.348 e. The first kappa shape index (κ1) is 27.5. The minimum absolute atomic E-state index is 0.120. The molecule has 5 nitrogen and oxygen atoms in total. The average molecular weight is 523 g/mol. The van der Waals surface area contributed by atoms with Crippen molar-refractivity contribution >= 4 is 17.6 Å². The summed E-state index contributed by atoms with van der Waals surface area (Å²) in [5.74, 6) is -1.76. The van der Waals surface area contributed by atoms with Crippen LogP contribution in [0.2, 0.25) is 0 Å². The molecule has 4 aromatic carbocycles. The van der Waals surface area contributed by atoms with Gasteiger partial charge in [0, 0.05) is 17.9 Å². The van der Waals surface area contributed by atoms with Crippen molar-refractivity contribution in [3.05, 3.63) is 143 Å². The third kappa shape index (κ3) is 6.65. The van der Waals surface area contributed by atoms with Crippen LogP contribution in [0.4, 0.5) is 4.39 Å². The van der Waals surface area contributed by atoms with E-state index < -0.39 is 17.3 Å². The molecule has 6 heteroatoms. The van der Waals surface area contributed by atoms with Crippen LogP contribution >= 0.6 is 0 Å². The molecule has 0 aliphatic rings. The normalized spacial score (nSPS) is 11.8. The summed E-state index contributed by atoms with van der Waals surface area (Å²) in [5.41, 5.74) is 2.15. The Morgan fingerprint density at radius 1 is 0.718 bits per heavy atom. The van der Waals surface area contributed by atoms with Crippen LogP contribution in [0.25, 0.3) is 0 Å². The molecule has 0 bridgehead atoms. The molecule has 0 unspecified atom stereocenters. The van der Waals surface area contributed by atoms with Gasteiger partial charge in [-0.25, -0.2) is 4.39 Å². The fourth-order valence-corrected chi connectivity index (χ4v) is 4.61. The summed E-state index contributed by atoms with van der Waals surface area (Å²) >= 11 is 0. The highest BCUT2D eigenvalue weighted by Gasteiger charge is 2.37. The number of hydrogen-bond acceptors (Lipinski definition) is 3. The molecular formula is C33H31FN2O3. The van der Waals surface area contributed by atoms with Gasteiger partial charge in [-0.05, 0) is 47.4 Å². The molecule has 39 heavy (non-hydrogen) atoms. The number of rotatable bonds is 11. The van der Waals surface area contributed by atoms with Crippen LogP contribution in [-0.2, 0) is 15.1 Å². The smallest absolute Gasteiger partial charge is 0.223 e. The van der Waals surface area contributed by atoms with Crippen molar-refractivity contribution in [3.63, 3.8) is 0 Å². The summed E-state index contributed by atoms with van der Waals surface area (Å²) in [6.45, 7) is 1.53. The summed E-state index contributed by atoms with van der Waals surface area (Å²) in [6, 6.07) is 34.6. The Morgan fingerprint density at radius 2 is 1.18 bits per heavy atom. The van der Waals surface area contributed by atoms with E-state index in [1.807, 2.05) is 91.0 Å². The number of Topliss-reactive ketones (excluding diaryl/α,β-unsaturated/α-hetero) is 1. The van der Waals surface area contributed by atoms with Crippen molar-refractivity contribution in [3.8, 4) is 0 Å². The monoisotopic (exact) mass is 522 g/mol. The molecule has 0 aromatic heterocycles. The van der Waals surface area contributed by atoms with E-state index in [9.17, 15) is 18.8 Å². The molecule has 4 rings (SSSR count). The topological polar surface area (TPSA) is 75.3 Å². The van der Waals surface area contributed by atoms with Crippen molar-refractivity contribution < 1.29 is 18.8 Å². The summed E-state index contributed by atoms with van der Waals surface area (Å²) < 4.78 is 13.1. The number of hydrogen-bond donors (Lipinski definition) is 2. The molecule has 0 heterocycles. The van der Waals surface area contributed by atoms with Gasteiger partial charge in [-0.2, -0.15) is 0 Å². The molecule has 0 saturated heterocycles. The number of halogens is 1. The van der Waals surface area contributed by atoms with Gasteiger partial charge in [0.15, 0.2) is 5.78 Å². The van der Waals surface area contributed by atoms with Gasteiger partial charge < -0.3 is 10.6 Å². The molecule has 1 atom stereocenters. The summed E-state index contributed by atoms with van der Waals surface area (Å²) in [5, 5.41) is 5.93. The number of carbonyl (C=O) groups excluding carboxylic acids is 3. The Morgan fingerprint density at radius 3 is 1.64 bits per heavy atom. The fraction of sp³-hybridized carbons (Fsp3) is 0.182. The van der Waals surface area contributed by atoms with Crippen LogP contribution in [0.15, 0.2) is 115 Å². The van der Waals surface area contributed by atoms with Gasteiger partial charge in [0.2, 0.25) is 11.8 Å². The molecular weight excluding hydrogens is 491 g/mol. The SMILES string of the molecule is C[C@@H](CCC(=O)NC(c1ccccc1)(c1ccccc1)c1ccccc1)C(=O)NCC(=O)c1ccc(F)cc1. The maximum absolute atomic E-state index is 13.5. The molecule has 0 aliphatic carbocycles. The minimum atomic E-state index is -0.923. The van der Waals surface area contributed by atoms with Crippen LogP contribution in [0.1, 0.15) is 46.8 Å². The second kappa shape index (κ2) is 12.8. The van der Waals surface area contributed by atoms with Crippen molar-refractivity contribution in [1.29, 1.82) is 0 Å². The highest BCUT2D eigenvalue weighted by molar-refractivity contribution is 5.99. The van der Waals surface area contributed by atoms with Crippen LogP contribution in [0.5, 0.6) is 0 Å². The molecule has 4 aromatic rings. The third-order valence-corrected chi connectivity index (χ3v) is 6.79. The second-order valence-corrected chi connectivity index (χ2v) is 9.48. The van der Waals surface area contributed by atoms with E-state index in [0.29, 0.717) is 12.0 Å². The average Bonchev–Trinajstić information content (AvgIpc) is 2.99. The molecule has 0 fully saturated rings. The number of ketones is 1. The van der Waals surface area contributed by atoms with E-state index in [4.69, 9.17) is 0 Å². The van der Waals surface area contributed by atoms with Gasteiger partial charge in [0.1, 0.15) is 11.4 Å². The highest BCUT2D eigenvalue weighted by Crippen LogP contribution is 2.37. The van der Waals surface area contributed by atoms with E-state index in [1.54, 1.807) is 6.92 Å². The van der Waals surface area contributed by atoms with Crippen LogP contribution in [0, 0.1) is 11.7 Å². The van der Waals surface area contributed by atoms with Crippen molar-refractivity contribution in [2.75, 3.05) is 6.54 Å². The quantitative estimate of drug-likeness (QED) is 0.198. The number of nitrogens with one attached hydrogen (secondary N) is 2. The largest absolute Gasteiger partial charge is 0.348 e. The van der Waals surface area contributed by atoms with Crippen molar-refractivity contribution in [1.82, 2.24) is 10.6 Å². The molecule has 198 valence electrons. The van der Waals surface area contributed by atoms with Gasteiger partial charge in [0.25, 0.3) is 0 Å². The van der Waals surface area contributed by atoms with Crippen molar-refractivity contribution in [2.24, 2.45) is 5.92 Å². The maximum atomic E-state index is 13.5. The lowest BCUT2D eigenvalue weighted by atomic mass is 9.77. The lowest BCUT2D eigenvalue weighted by Crippen LogP contribution is -2.48. The Hall–Kier alpha value is -4.58. The van der Waals surface area contributed by atoms with E-state index >= 15 is 0 Å². The zero-order valence-electron chi connectivity index (χ0n) is 21.8. The predicted molar refractivity (Wildman–Crippen MR) is 149 cm³/mol. The maximum Gasteiger partial charge on any atom is 0.223 e. The Kier molecular flexibility index (Phi) is 9.00. The van der Waals surface area contributed by atoms with E-state index in [2.05, 4.69) is 10.6 Å². The number of amides is 2. The molecule has 0 aliphatic heterocycles. The first-order valence-corrected chi connectivity index (χ1v) is 12.9. The molecule has 2 amide bonds. The number of carbonyl (C=O) groups is 3. The van der Waals surface area contributed by atoms with Gasteiger partial charge in [-0.3, -0.25) is 14.4 Å². The van der Waals surface area contributed by atoms with Crippen LogP contribution in [0.3, 0.4) is 0 Å². The van der Waals surface area contributed by atoms with E-state index in [1.165, 1.54) is 24.3 Å². The van der Waals surface area contributed by atoms with Crippen LogP contribution < -0.4 is 10.6 Å². The number of benzene rings is 4. The summed E-state index contributed by atoms with van der Waals surface area (Å²) in [6.07, 6.45) is 0.422. The Labute approximate surface area is 228 Å². The first-order valence-electron chi connectivity index (χ1n) is 12.9. The predicted octanol–water partition coefficient (Wildman–Crippen LogP) is 5.65. The second-order valence-electron chi connectivity index (χ2n) is 9.48. The zero-order valence-corrected chi connectivity index (χ0v) is 21.8. The van der Waals surface area contributed by atoms with Gasteiger partial charge in [0.05, 0.1) is 6.54 Å².